The first-order valence-corrected chi connectivity index (χ1v) is 2.59. The molecular weight excluding hydrogens is 110 g/mol. The van der Waals surface area contributed by atoms with Crippen LogP contribution in [-0.2, 0) is 0 Å². The summed E-state index contributed by atoms with van der Waals surface area (Å²) in [4.78, 5) is 0. The van der Waals surface area contributed by atoms with E-state index >= 15 is 0 Å². The van der Waals surface area contributed by atoms with E-state index < -0.39 is 0 Å². The molecule has 0 saturated heterocycles. The Kier molecular flexibility index (Phi) is 3.15. The number of rotatable bonds is 2. The number of hydrogen-bond donors (Lipinski definition) is 0. The average Bonchev–Trinajstić information content (AvgIpc) is 1.83. The van der Waals surface area contributed by atoms with Crippen LogP contribution in [0.2, 0.25) is 0 Å². The summed E-state index contributed by atoms with van der Waals surface area (Å²) in [6.45, 7) is 8.94. The second-order valence-corrected chi connectivity index (χ2v) is 1.82. The standard InChI is InChI=1S/C8H9N/c1-7(2)4-5-8(3)6-9/h4-5H,1,3H2,2H3/b5-4-. The minimum atomic E-state index is 0.456. The van der Waals surface area contributed by atoms with Gasteiger partial charge in [-0.25, -0.2) is 0 Å². The van der Waals surface area contributed by atoms with Crippen molar-refractivity contribution in [2.75, 3.05) is 0 Å². The summed E-state index contributed by atoms with van der Waals surface area (Å²) in [6, 6.07) is 1.90. The van der Waals surface area contributed by atoms with Gasteiger partial charge in [-0.2, -0.15) is 5.26 Å². The molecule has 1 nitrogen and oxygen atoms in total. The van der Waals surface area contributed by atoms with Crippen molar-refractivity contribution in [3.8, 4) is 6.07 Å². The first-order chi connectivity index (χ1) is 4.16. The van der Waals surface area contributed by atoms with Gasteiger partial charge in [0.1, 0.15) is 0 Å². The van der Waals surface area contributed by atoms with E-state index in [-0.39, 0.29) is 0 Å². The van der Waals surface area contributed by atoms with Crippen LogP contribution in [0.15, 0.2) is 36.5 Å². The molecule has 0 spiro atoms. The van der Waals surface area contributed by atoms with E-state index in [1.54, 1.807) is 12.2 Å². The van der Waals surface area contributed by atoms with Crippen molar-refractivity contribution in [3.63, 3.8) is 0 Å². The molecule has 0 bridgehead atoms. The third kappa shape index (κ3) is 4.57. The van der Waals surface area contributed by atoms with E-state index in [2.05, 4.69) is 13.2 Å². The predicted molar refractivity (Wildman–Crippen MR) is 38.7 cm³/mol. The largest absolute Gasteiger partial charge is 0.192 e. The molecule has 0 fully saturated rings. The first kappa shape index (κ1) is 7.71. The molecule has 0 unspecified atom stereocenters. The lowest BCUT2D eigenvalue weighted by molar-refractivity contribution is 1.49. The van der Waals surface area contributed by atoms with Crippen molar-refractivity contribution in [3.05, 3.63) is 36.5 Å². The van der Waals surface area contributed by atoms with Crippen LogP contribution in [0.25, 0.3) is 0 Å². The molecule has 0 aromatic heterocycles. The van der Waals surface area contributed by atoms with E-state index in [1.807, 2.05) is 13.0 Å². The monoisotopic (exact) mass is 119 g/mol. The fourth-order valence-electron chi connectivity index (χ4n) is 0.280. The number of nitrogens with zero attached hydrogens (tertiary/aromatic N) is 1. The van der Waals surface area contributed by atoms with Crippen molar-refractivity contribution in [2.24, 2.45) is 0 Å². The van der Waals surface area contributed by atoms with Gasteiger partial charge in [-0.15, -0.1) is 0 Å². The number of nitriles is 1. The fraction of sp³-hybridized carbons (Fsp3) is 0.125. The van der Waals surface area contributed by atoms with Crippen LogP contribution in [0.4, 0.5) is 0 Å². The zero-order valence-corrected chi connectivity index (χ0v) is 5.52. The van der Waals surface area contributed by atoms with Crippen LogP contribution < -0.4 is 0 Å². The minimum absolute atomic E-state index is 0.456. The maximum absolute atomic E-state index is 8.22. The molecule has 1 heteroatoms. The van der Waals surface area contributed by atoms with Gasteiger partial charge >= 0.3 is 0 Å². The lowest BCUT2D eigenvalue weighted by atomic mass is 10.2. The molecule has 0 saturated carbocycles. The van der Waals surface area contributed by atoms with Gasteiger partial charge in [-0.1, -0.05) is 24.8 Å². The molecule has 0 heterocycles. The Morgan fingerprint density at radius 1 is 1.44 bits per heavy atom. The maximum atomic E-state index is 8.22. The summed E-state index contributed by atoms with van der Waals surface area (Å²) < 4.78 is 0. The molecule has 0 N–H and O–H groups in total. The number of hydrogen-bond acceptors (Lipinski definition) is 1. The third-order valence-electron chi connectivity index (χ3n) is 0.713. The molecule has 0 aliphatic heterocycles. The third-order valence-corrected chi connectivity index (χ3v) is 0.713. The first-order valence-electron chi connectivity index (χ1n) is 2.59. The van der Waals surface area contributed by atoms with Crippen LogP contribution in [0.3, 0.4) is 0 Å². The van der Waals surface area contributed by atoms with Crippen LogP contribution in [0.1, 0.15) is 6.92 Å². The fourth-order valence-corrected chi connectivity index (χ4v) is 0.280. The Bertz CT molecular complexity index is 191. The summed E-state index contributed by atoms with van der Waals surface area (Å²) in [7, 11) is 0. The van der Waals surface area contributed by atoms with Crippen LogP contribution in [-0.4, -0.2) is 0 Å². The second-order valence-electron chi connectivity index (χ2n) is 1.82. The molecule has 0 atom stereocenters. The minimum Gasteiger partial charge on any atom is -0.192 e. The highest BCUT2D eigenvalue weighted by atomic mass is 14.2. The Hall–Kier alpha value is -1.29. The van der Waals surface area contributed by atoms with Gasteiger partial charge in [0.25, 0.3) is 0 Å². The predicted octanol–water partition coefficient (Wildman–Crippen LogP) is 2.20. The molecule has 0 radical (unpaired) electrons. The Morgan fingerprint density at radius 2 is 2.00 bits per heavy atom. The zero-order valence-electron chi connectivity index (χ0n) is 5.52. The van der Waals surface area contributed by atoms with Gasteiger partial charge < -0.3 is 0 Å². The Morgan fingerprint density at radius 3 is 2.33 bits per heavy atom. The average molecular weight is 119 g/mol. The molecule has 0 rings (SSSR count). The summed E-state index contributed by atoms with van der Waals surface area (Å²) in [5, 5.41) is 8.22. The Labute approximate surface area is 55.6 Å². The normalized spacial score (nSPS) is 8.89. The number of allylic oxidation sites excluding steroid dienone is 4. The van der Waals surface area contributed by atoms with E-state index in [1.165, 1.54) is 0 Å². The van der Waals surface area contributed by atoms with Crippen molar-refractivity contribution >= 4 is 0 Å². The van der Waals surface area contributed by atoms with E-state index in [4.69, 9.17) is 5.26 Å². The lowest BCUT2D eigenvalue weighted by Crippen LogP contribution is -1.65. The molecular formula is C8H9N. The summed E-state index contributed by atoms with van der Waals surface area (Å²) in [5.41, 5.74) is 1.38. The summed E-state index contributed by atoms with van der Waals surface area (Å²) >= 11 is 0. The molecule has 0 aliphatic rings. The van der Waals surface area contributed by atoms with Crippen molar-refractivity contribution in [1.82, 2.24) is 0 Å². The Balaban J connectivity index is 3.90. The molecule has 46 valence electrons. The molecule has 0 aromatic carbocycles. The molecule has 9 heavy (non-hydrogen) atoms. The highest BCUT2D eigenvalue weighted by molar-refractivity contribution is 5.32. The SMILES string of the molecule is C=C(C)/C=C\C(=C)C#N. The van der Waals surface area contributed by atoms with E-state index in [0.717, 1.165) is 5.57 Å². The van der Waals surface area contributed by atoms with Gasteiger partial charge in [0.05, 0.1) is 6.07 Å². The van der Waals surface area contributed by atoms with E-state index in [9.17, 15) is 0 Å². The van der Waals surface area contributed by atoms with Gasteiger partial charge in [0.15, 0.2) is 0 Å². The van der Waals surface area contributed by atoms with Gasteiger partial charge in [0.2, 0.25) is 0 Å². The van der Waals surface area contributed by atoms with E-state index in [0.29, 0.717) is 5.57 Å². The maximum Gasteiger partial charge on any atom is 0.0985 e. The highest BCUT2D eigenvalue weighted by Gasteiger charge is 1.78. The quantitative estimate of drug-likeness (QED) is 0.404. The van der Waals surface area contributed by atoms with Gasteiger partial charge in [-0.3, -0.25) is 0 Å². The van der Waals surface area contributed by atoms with Crippen LogP contribution >= 0.6 is 0 Å². The highest BCUT2D eigenvalue weighted by Crippen LogP contribution is 1.94. The molecule has 0 aromatic rings. The van der Waals surface area contributed by atoms with Crippen molar-refractivity contribution in [1.29, 1.82) is 5.26 Å². The second kappa shape index (κ2) is 3.68. The van der Waals surface area contributed by atoms with Crippen LogP contribution in [0.5, 0.6) is 0 Å². The van der Waals surface area contributed by atoms with Crippen molar-refractivity contribution in [2.45, 2.75) is 6.92 Å². The summed E-state index contributed by atoms with van der Waals surface area (Å²) in [6.07, 6.45) is 3.40. The zero-order chi connectivity index (χ0) is 7.28. The van der Waals surface area contributed by atoms with Gasteiger partial charge in [0, 0.05) is 5.57 Å². The summed E-state index contributed by atoms with van der Waals surface area (Å²) in [5.74, 6) is 0. The van der Waals surface area contributed by atoms with Crippen molar-refractivity contribution < 1.29 is 0 Å². The smallest absolute Gasteiger partial charge is 0.0985 e. The molecule has 0 aliphatic carbocycles. The lowest BCUT2D eigenvalue weighted by Gasteiger charge is -1.82. The molecule has 0 amide bonds. The van der Waals surface area contributed by atoms with Crippen LogP contribution in [0, 0.1) is 11.3 Å². The van der Waals surface area contributed by atoms with Gasteiger partial charge in [-0.05, 0) is 13.0 Å². The topological polar surface area (TPSA) is 23.8 Å².